The number of nitrogens with zero attached hydrogens (tertiary/aromatic N) is 1. The third kappa shape index (κ3) is 1.46. The summed E-state index contributed by atoms with van der Waals surface area (Å²) in [5.74, 6) is -2.19. The molecule has 0 saturated carbocycles. The van der Waals surface area contributed by atoms with Gasteiger partial charge in [0.15, 0.2) is 0 Å². The Balaban J connectivity index is 2.28. The van der Waals surface area contributed by atoms with Gasteiger partial charge in [0, 0.05) is 11.1 Å². The van der Waals surface area contributed by atoms with E-state index in [9.17, 15) is 14.7 Å². The summed E-state index contributed by atoms with van der Waals surface area (Å²) in [6, 6.07) is 1.97. The second-order valence-corrected chi connectivity index (χ2v) is 5.56. The molecule has 1 saturated heterocycles. The van der Waals surface area contributed by atoms with E-state index in [1.807, 2.05) is 6.07 Å². The van der Waals surface area contributed by atoms with E-state index in [1.165, 1.54) is 6.08 Å². The number of hydrogen-bond donors (Lipinski definition) is 1. The average molecular weight is 271 g/mol. The molecule has 20 heavy (non-hydrogen) atoms. The molecule has 0 amide bonds. The normalized spacial score (nSPS) is 35.7. The molecule has 1 heterocycles. The molecular formula is C15H13NO4. The topological polar surface area (TPSA) is 87.4 Å². The largest absolute Gasteiger partial charge is 0.493 e. The van der Waals surface area contributed by atoms with E-state index in [0.717, 1.165) is 0 Å². The minimum absolute atomic E-state index is 0.0337. The fourth-order valence-corrected chi connectivity index (χ4v) is 3.12. The molecule has 5 nitrogen and oxygen atoms in total. The van der Waals surface area contributed by atoms with Crippen LogP contribution in [0.3, 0.4) is 0 Å². The number of allylic oxidation sites excluding steroid dienone is 5. The van der Waals surface area contributed by atoms with Crippen molar-refractivity contribution in [2.45, 2.75) is 19.4 Å². The third-order valence-electron chi connectivity index (χ3n) is 4.20. The van der Waals surface area contributed by atoms with Crippen LogP contribution in [-0.4, -0.2) is 28.9 Å². The van der Waals surface area contributed by atoms with Crippen LogP contribution in [0.1, 0.15) is 13.8 Å². The number of hydrogen-bond acceptors (Lipinski definition) is 5. The maximum absolute atomic E-state index is 12.2. The molecular weight excluding hydrogens is 258 g/mol. The lowest BCUT2D eigenvalue weighted by Gasteiger charge is -2.45. The molecule has 0 spiro atoms. The van der Waals surface area contributed by atoms with Gasteiger partial charge in [0.2, 0.25) is 11.6 Å². The van der Waals surface area contributed by atoms with Gasteiger partial charge in [0.25, 0.3) is 0 Å². The van der Waals surface area contributed by atoms with Crippen molar-refractivity contribution in [1.82, 2.24) is 0 Å². The highest BCUT2D eigenvalue weighted by molar-refractivity contribution is 6.45. The zero-order valence-electron chi connectivity index (χ0n) is 11.1. The van der Waals surface area contributed by atoms with Crippen LogP contribution < -0.4 is 0 Å². The summed E-state index contributed by atoms with van der Waals surface area (Å²) in [7, 11) is 0. The first kappa shape index (κ1) is 12.8. The molecule has 102 valence electrons. The molecule has 1 aliphatic heterocycles. The smallest absolute Gasteiger partial charge is 0.228 e. The predicted molar refractivity (Wildman–Crippen MR) is 68.0 cm³/mol. The SMILES string of the molecule is CC1=C2OCC(C)(O)C3=CC=C(C#N)C(C(=O)C1=O)C32. The molecule has 0 aromatic rings. The fourth-order valence-electron chi connectivity index (χ4n) is 3.12. The fraction of sp³-hybridized carbons (Fsp3) is 0.400. The van der Waals surface area contributed by atoms with E-state index in [0.29, 0.717) is 11.3 Å². The van der Waals surface area contributed by atoms with E-state index >= 15 is 0 Å². The van der Waals surface area contributed by atoms with Gasteiger partial charge in [-0.1, -0.05) is 6.08 Å². The number of ketones is 2. The average Bonchev–Trinajstić information content (AvgIpc) is 2.42. The Labute approximate surface area is 115 Å². The van der Waals surface area contributed by atoms with Crippen molar-refractivity contribution in [2.75, 3.05) is 6.61 Å². The highest BCUT2D eigenvalue weighted by Gasteiger charge is 2.53. The lowest BCUT2D eigenvalue weighted by atomic mass is 9.64. The molecule has 3 rings (SSSR count). The Hall–Kier alpha value is -2.19. The number of rotatable bonds is 0. The first-order chi connectivity index (χ1) is 9.38. The molecule has 1 fully saturated rings. The quantitative estimate of drug-likeness (QED) is 0.659. The van der Waals surface area contributed by atoms with Gasteiger partial charge in [-0.25, -0.2) is 0 Å². The number of aliphatic hydroxyl groups is 1. The third-order valence-corrected chi connectivity index (χ3v) is 4.20. The minimum Gasteiger partial charge on any atom is -0.493 e. The van der Waals surface area contributed by atoms with Crippen molar-refractivity contribution < 1.29 is 19.4 Å². The number of carbonyl (C=O) groups excluding carboxylic acids is 2. The first-order valence-corrected chi connectivity index (χ1v) is 6.35. The predicted octanol–water partition coefficient (Wildman–Crippen LogP) is 0.816. The summed E-state index contributed by atoms with van der Waals surface area (Å²) in [5.41, 5.74) is -0.0617. The van der Waals surface area contributed by atoms with Crippen LogP contribution in [0.4, 0.5) is 0 Å². The monoisotopic (exact) mass is 271 g/mol. The molecule has 3 aliphatic rings. The molecule has 0 radical (unpaired) electrons. The van der Waals surface area contributed by atoms with Crippen molar-refractivity contribution in [3.8, 4) is 6.07 Å². The van der Waals surface area contributed by atoms with Crippen LogP contribution >= 0.6 is 0 Å². The molecule has 3 atom stereocenters. The molecule has 0 bridgehead atoms. The van der Waals surface area contributed by atoms with E-state index in [2.05, 4.69) is 0 Å². The maximum Gasteiger partial charge on any atom is 0.228 e. The van der Waals surface area contributed by atoms with Crippen molar-refractivity contribution in [3.63, 3.8) is 0 Å². The maximum atomic E-state index is 12.2. The van der Waals surface area contributed by atoms with Gasteiger partial charge >= 0.3 is 0 Å². The lowest BCUT2D eigenvalue weighted by molar-refractivity contribution is -0.139. The molecule has 3 unspecified atom stereocenters. The molecule has 0 aromatic heterocycles. The summed E-state index contributed by atoms with van der Waals surface area (Å²) in [6.45, 7) is 3.19. The van der Waals surface area contributed by atoms with E-state index in [4.69, 9.17) is 10.00 Å². The number of ether oxygens (including phenoxy) is 1. The highest BCUT2D eigenvalue weighted by Crippen LogP contribution is 2.48. The van der Waals surface area contributed by atoms with E-state index in [1.54, 1.807) is 19.9 Å². The van der Waals surface area contributed by atoms with Crippen LogP contribution in [0.5, 0.6) is 0 Å². The van der Waals surface area contributed by atoms with Gasteiger partial charge in [-0.2, -0.15) is 5.26 Å². The summed E-state index contributed by atoms with van der Waals surface area (Å²) in [6.07, 6.45) is 3.18. The minimum atomic E-state index is -1.20. The second-order valence-electron chi connectivity index (χ2n) is 5.56. The van der Waals surface area contributed by atoms with Gasteiger partial charge in [0.1, 0.15) is 18.0 Å². The summed E-state index contributed by atoms with van der Waals surface area (Å²) >= 11 is 0. The number of carbonyl (C=O) groups is 2. The zero-order valence-corrected chi connectivity index (χ0v) is 11.1. The number of Topliss-reactive ketones (excluding diaryl/α,β-unsaturated/α-hetero) is 2. The highest BCUT2D eigenvalue weighted by atomic mass is 16.5. The molecule has 1 N–H and O–H groups in total. The lowest BCUT2D eigenvalue weighted by Crippen LogP contribution is -2.50. The van der Waals surface area contributed by atoms with Crippen LogP contribution in [0.25, 0.3) is 0 Å². The van der Waals surface area contributed by atoms with E-state index < -0.39 is 29.0 Å². The van der Waals surface area contributed by atoms with Gasteiger partial charge in [-0.15, -0.1) is 0 Å². The van der Waals surface area contributed by atoms with Gasteiger partial charge in [0.05, 0.1) is 17.9 Å². The van der Waals surface area contributed by atoms with Crippen LogP contribution in [0, 0.1) is 23.2 Å². The van der Waals surface area contributed by atoms with Crippen LogP contribution in [0.15, 0.2) is 34.6 Å². The standard InChI is InChI=1S/C15H13NO4/c1-7-12(17)13(18)10-8(5-16)3-4-9-11(10)14(7)20-6-15(9,2)19/h3-4,10-11,19H,6H2,1-2H3. The van der Waals surface area contributed by atoms with Crippen LogP contribution in [-0.2, 0) is 14.3 Å². The summed E-state index contributed by atoms with van der Waals surface area (Å²) < 4.78 is 5.54. The van der Waals surface area contributed by atoms with Crippen molar-refractivity contribution in [2.24, 2.45) is 11.8 Å². The molecule has 0 aromatic carbocycles. The number of nitriles is 1. The Morgan fingerprint density at radius 3 is 2.75 bits per heavy atom. The van der Waals surface area contributed by atoms with Gasteiger partial charge in [-0.05, 0) is 25.5 Å². The first-order valence-electron chi connectivity index (χ1n) is 6.35. The Bertz CT molecular complexity index is 672. The molecule has 5 heteroatoms. The van der Waals surface area contributed by atoms with Gasteiger partial charge < -0.3 is 9.84 Å². The second kappa shape index (κ2) is 3.90. The van der Waals surface area contributed by atoms with E-state index in [-0.39, 0.29) is 17.8 Å². The van der Waals surface area contributed by atoms with Crippen LogP contribution in [0.2, 0.25) is 0 Å². The summed E-state index contributed by atoms with van der Waals surface area (Å²) in [4.78, 5) is 24.2. The van der Waals surface area contributed by atoms with Crippen molar-refractivity contribution in [3.05, 3.63) is 34.6 Å². The Morgan fingerprint density at radius 2 is 2.10 bits per heavy atom. The van der Waals surface area contributed by atoms with Crippen molar-refractivity contribution >= 4 is 11.6 Å². The summed E-state index contributed by atoms with van der Waals surface area (Å²) in [5, 5.41) is 19.6. The molecule has 2 aliphatic carbocycles. The Kier molecular flexibility index (Phi) is 2.50. The Morgan fingerprint density at radius 1 is 1.40 bits per heavy atom. The van der Waals surface area contributed by atoms with Crippen molar-refractivity contribution in [1.29, 1.82) is 5.26 Å². The van der Waals surface area contributed by atoms with Gasteiger partial charge in [-0.3, -0.25) is 9.59 Å². The zero-order chi connectivity index (χ0) is 14.7.